The number of anilines is 1. The second-order valence-electron chi connectivity index (χ2n) is 10.4. The van der Waals surface area contributed by atoms with Crippen LogP contribution in [0.3, 0.4) is 0 Å². The second kappa shape index (κ2) is 9.49. The maximum absolute atomic E-state index is 14.1. The van der Waals surface area contributed by atoms with Gasteiger partial charge in [-0.3, -0.25) is 14.5 Å². The standard InChI is InChI=1S/C31H30N4O3/c1-19(2)16-17-32-29(36)22-13-7-9-15-25(22)35-30(37)26-18-23-21-12-6-8-14-24(21)33-27(23)28(34(26)31(35)38)20-10-4-3-5-11-20/h3-15,19,26,28,33H,16-18H2,1-2H3,(H,32,36)/t26-,28?/m0/s1. The molecule has 2 aliphatic rings. The first-order valence-corrected chi connectivity index (χ1v) is 13.1. The molecule has 0 aliphatic carbocycles. The van der Waals surface area contributed by atoms with Crippen LogP contribution in [0.2, 0.25) is 0 Å². The van der Waals surface area contributed by atoms with Crippen molar-refractivity contribution in [2.75, 3.05) is 11.4 Å². The van der Waals surface area contributed by atoms with Crippen LogP contribution in [0.4, 0.5) is 10.5 Å². The van der Waals surface area contributed by atoms with Crippen LogP contribution in [0, 0.1) is 5.92 Å². The first kappa shape index (κ1) is 24.0. The van der Waals surface area contributed by atoms with Gasteiger partial charge in [-0.25, -0.2) is 9.69 Å². The van der Waals surface area contributed by atoms with Crippen LogP contribution >= 0.6 is 0 Å². The van der Waals surface area contributed by atoms with E-state index >= 15 is 0 Å². The zero-order valence-corrected chi connectivity index (χ0v) is 21.5. The van der Waals surface area contributed by atoms with Gasteiger partial charge >= 0.3 is 6.03 Å². The Kier molecular flexibility index (Phi) is 5.98. The lowest BCUT2D eigenvalue weighted by molar-refractivity contribution is -0.120. The maximum atomic E-state index is 14.1. The summed E-state index contributed by atoms with van der Waals surface area (Å²) >= 11 is 0. The van der Waals surface area contributed by atoms with Crippen molar-refractivity contribution in [2.24, 2.45) is 5.92 Å². The highest BCUT2D eigenvalue weighted by Gasteiger charge is 2.53. The molecule has 2 atom stereocenters. The molecule has 1 fully saturated rings. The number of nitrogens with zero attached hydrogens (tertiary/aromatic N) is 2. The van der Waals surface area contributed by atoms with Gasteiger partial charge in [-0.1, -0.05) is 74.5 Å². The number of aromatic nitrogens is 1. The molecule has 2 N–H and O–H groups in total. The molecule has 0 spiro atoms. The van der Waals surface area contributed by atoms with Gasteiger partial charge in [0.05, 0.1) is 11.3 Å². The quantitative estimate of drug-likeness (QED) is 0.342. The number of fused-ring (bicyclic) bond motifs is 4. The second-order valence-corrected chi connectivity index (χ2v) is 10.4. The molecule has 3 aromatic carbocycles. The number of hydrogen-bond donors (Lipinski definition) is 2. The van der Waals surface area contributed by atoms with Gasteiger partial charge in [0.2, 0.25) is 0 Å². The SMILES string of the molecule is CC(C)CCNC(=O)c1ccccc1N1C(=O)[C@@H]2Cc3c([nH]c4ccccc34)C(c3ccccc3)N2C1=O. The van der Waals surface area contributed by atoms with Crippen molar-refractivity contribution in [3.05, 3.63) is 101 Å². The van der Waals surface area contributed by atoms with Crippen LogP contribution < -0.4 is 10.2 Å². The van der Waals surface area contributed by atoms with E-state index < -0.39 is 18.1 Å². The van der Waals surface area contributed by atoms with Crippen molar-refractivity contribution in [1.82, 2.24) is 15.2 Å². The Bertz CT molecular complexity index is 1540. The summed E-state index contributed by atoms with van der Waals surface area (Å²) in [6.45, 7) is 4.72. The molecule has 38 heavy (non-hydrogen) atoms. The molecular formula is C31H30N4O3. The third kappa shape index (κ3) is 3.86. The van der Waals surface area contributed by atoms with Crippen molar-refractivity contribution in [2.45, 2.75) is 38.8 Å². The van der Waals surface area contributed by atoms with Crippen molar-refractivity contribution < 1.29 is 14.4 Å². The van der Waals surface area contributed by atoms with Crippen LogP contribution in [0.1, 0.15) is 53.5 Å². The van der Waals surface area contributed by atoms with Gasteiger partial charge in [0.25, 0.3) is 11.8 Å². The minimum Gasteiger partial charge on any atom is -0.356 e. The summed E-state index contributed by atoms with van der Waals surface area (Å²) < 4.78 is 0. The minimum atomic E-state index is -0.670. The van der Waals surface area contributed by atoms with Gasteiger partial charge in [0.15, 0.2) is 0 Å². The number of benzene rings is 3. The molecule has 3 heterocycles. The molecule has 1 unspecified atom stereocenters. The maximum Gasteiger partial charge on any atom is 0.332 e. The number of carbonyl (C=O) groups excluding carboxylic acids is 3. The molecule has 6 rings (SSSR count). The third-order valence-electron chi connectivity index (χ3n) is 7.56. The van der Waals surface area contributed by atoms with Gasteiger partial charge in [0.1, 0.15) is 12.1 Å². The van der Waals surface area contributed by atoms with E-state index in [1.54, 1.807) is 29.2 Å². The van der Waals surface area contributed by atoms with Crippen molar-refractivity contribution >= 4 is 34.4 Å². The molecule has 7 nitrogen and oxygen atoms in total. The molecule has 1 aromatic heterocycles. The third-order valence-corrected chi connectivity index (χ3v) is 7.56. The number of rotatable bonds is 6. The number of H-pyrrole nitrogens is 1. The van der Waals surface area contributed by atoms with E-state index in [9.17, 15) is 14.4 Å². The van der Waals surface area contributed by atoms with E-state index in [0.717, 1.165) is 34.1 Å². The fourth-order valence-electron chi connectivity index (χ4n) is 5.71. The van der Waals surface area contributed by atoms with E-state index in [2.05, 4.69) is 30.2 Å². The number of urea groups is 1. The molecule has 1 saturated heterocycles. The van der Waals surface area contributed by atoms with E-state index in [4.69, 9.17) is 0 Å². The van der Waals surface area contributed by atoms with Gasteiger partial charge in [-0.2, -0.15) is 0 Å². The minimum absolute atomic E-state index is 0.289. The van der Waals surface area contributed by atoms with Gasteiger partial charge in [-0.15, -0.1) is 0 Å². The predicted octanol–water partition coefficient (Wildman–Crippen LogP) is 5.43. The molecule has 2 aliphatic heterocycles. The molecule has 0 bridgehead atoms. The average molecular weight is 507 g/mol. The fraction of sp³-hybridized carbons (Fsp3) is 0.258. The monoisotopic (exact) mass is 506 g/mol. The topological polar surface area (TPSA) is 85.5 Å². The normalized spacial score (nSPS) is 18.7. The number of para-hydroxylation sites is 2. The summed E-state index contributed by atoms with van der Waals surface area (Å²) in [4.78, 5) is 47.7. The first-order chi connectivity index (χ1) is 18.5. The van der Waals surface area contributed by atoms with Crippen LogP contribution in [0.25, 0.3) is 10.9 Å². The Labute approximate surface area is 221 Å². The van der Waals surface area contributed by atoms with Gasteiger partial charge in [-0.05, 0) is 41.7 Å². The van der Waals surface area contributed by atoms with Gasteiger partial charge in [0, 0.05) is 29.6 Å². The Morgan fingerprint density at radius 1 is 0.974 bits per heavy atom. The number of carbonyl (C=O) groups is 3. The summed E-state index contributed by atoms with van der Waals surface area (Å²) in [5.74, 6) is -0.150. The predicted molar refractivity (Wildman–Crippen MR) is 147 cm³/mol. The molecule has 0 saturated carbocycles. The molecule has 0 radical (unpaired) electrons. The zero-order chi connectivity index (χ0) is 26.4. The first-order valence-electron chi connectivity index (χ1n) is 13.1. The van der Waals surface area contributed by atoms with Crippen LogP contribution in [-0.2, 0) is 11.2 Å². The van der Waals surface area contributed by atoms with Crippen LogP contribution in [0.15, 0.2) is 78.9 Å². The number of nitrogens with one attached hydrogen (secondary N) is 2. The molecule has 7 heteroatoms. The highest BCUT2D eigenvalue weighted by molar-refractivity contribution is 6.24. The number of amides is 4. The highest BCUT2D eigenvalue weighted by atomic mass is 16.2. The molecular weight excluding hydrogens is 476 g/mol. The number of hydrogen-bond acceptors (Lipinski definition) is 3. The Balaban J connectivity index is 1.42. The smallest absolute Gasteiger partial charge is 0.332 e. The summed E-state index contributed by atoms with van der Waals surface area (Å²) in [5.41, 5.74) is 4.53. The Morgan fingerprint density at radius 2 is 1.68 bits per heavy atom. The van der Waals surface area contributed by atoms with Gasteiger partial charge < -0.3 is 10.3 Å². The Hall–Kier alpha value is -4.39. The summed E-state index contributed by atoms with van der Waals surface area (Å²) in [6, 6.07) is 23.1. The largest absolute Gasteiger partial charge is 0.356 e. The molecule has 192 valence electrons. The lowest BCUT2D eigenvalue weighted by Crippen LogP contribution is -2.44. The van der Waals surface area contributed by atoms with Crippen LogP contribution in [0.5, 0.6) is 0 Å². The summed E-state index contributed by atoms with van der Waals surface area (Å²) in [5, 5.41) is 4.01. The average Bonchev–Trinajstić information content (AvgIpc) is 3.42. The summed E-state index contributed by atoms with van der Waals surface area (Å²) in [6.07, 6.45) is 1.25. The number of imide groups is 1. The van der Waals surface area contributed by atoms with E-state index in [1.807, 2.05) is 48.5 Å². The lowest BCUT2D eigenvalue weighted by atomic mass is 9.89. The van der Waals surface area contributed by atoms with Crippen molar-refractivity contribution in [3.63, 3.8) is 0 Å². The van der Waals surface area contributed by atoms with Crippen molar-refractivity contribution in [3.8, 4) is 0 Å². The van der Waals surface area contributed by atoms with E-state index in [-0.39, 0.29) is 11.8 Å². The lowest BCUT2D eigenvalue weighted by Gasteiger charge is -2.36. The number of aromatic amines is 1. The zero-order valence-electron chi connectivity index (χ0n) is 21.5. The fourth-order valence-corrected chi connectivity index (χ4v) is 5.71. The van der Waals surface area contributed by atoms with Crippen LogP contribution in [-0.4, -0.2) is 40.3 Å². The van der Waals surface area contributed by atoms with Crippen molar-refractivity contribution in [1.29, 1.82) is 0 Å². The Morgan fingerprint density at radius 3 is 2.47 bits per heavy atom. The van der Waals surface area contributed by atoms with E-state index in [0.29, 0.717) is 30.1 Å². The molecule has 4 amide bonds. The van der Waals surface area contributed by atoms with E-state index in [1.165, 1.54) is 4.90 Å². The summed E-state index contributed by atoms with van der Waals surface area (Å²) in [7, 11) is 0. The highest BCUT2D eigenvalue weighted by Crippen LogP contribution is 2.45. The molecule has 4 aromatic rings.